The molecule has 0 saturated carbocycles. The van der Waals surface area contributed by atoms with Crippen LogP contribution in [0.2, 0.25) is 0 Å². The van der Waals surface area contributed by atoms with Gasteiger partial charge in [0.05, 0.1) is 12.2 Å². The summed E-state index contributed by atoms with van der Waals surface area (Å²) < 4.78 is 1.88. The molecule has 1 amide bonds. The number of likely N-dealkylation sites (tertiary alicyclic amines) is 1. The second-order valence-corrected chi connectivity index (χ2v) is 10.8. The van der Waals surface area contributed by atoms with E-state index in [-0.39, 0.29) is 5.91 Å². The van der Waals surface area contributed by atoms with Crippen molar-refractivity contribution in [2.75, 3.05) is 19.6 Å². The van der Waals surface area contributed by atoms with E-state index in [2.05, 4.69) is 60.8 Å². The van der Waals surface area contributed by atoms with Crippen molar-refractivity contribution in [1.29, 1.82) is 0 Å². The number of hydrogen-bond donors (Lipinski definition) is 2. The van der Waals surface area contributed by atoms with Gasteiger partial charge in [-0.25, -0.2) is 9.50 Å². The summed E-state index contributed by atoms with van der Waals surface area (Å²) in [5, 5.41) is 5.79. The summed E-state index contributed by atoms with van der Waals surface area (Å²) in [6.07, 6.45) is 5.87. The van der Waals surface area contributed by atoms with E-state index in [9.17, 15) is 4.79 Å². The van der Waals surface area contributed by atoms with Crippen LogP contribution in [0.4, 0.5) is 0 Å². The molecule has 8 heteroatoms. The zero-order chi connectivity index (χ0) is 23.4. The number of fused-ring (bicyclic) bond motifs is 2. The van der Waals surface area contributed by atoms with Gasteiger partial charge in [0.25, 0.3) is 0 Å². The predicted molar refractivity (Wildman–Crippen MR) is 134 cm³/mol. The molecule has 4 aromatic heterocycles. The number of hydrogen-bond acceptors (Lipinski definition) is 5. The smallest absolute Gasteiger partial charge is 0.231 e. The van der Waals surface area contributed by atoms with E-state index in [1.165, 1.54) is 43.0 Å². The number of pyridine rings is 1. The molecule has 0 atom stereocenters. The molecular formula is C25H32N6OS. The van der Waals surface area contributed by atoms with Gasteiger partial charge in [0.15, 0.2) is 5.65 Å². The Morgan fingerprint density at radius 1 is 1.21 bits per heavy atom. The van der Waals surface area contributed by atoms with Crippen LogP contribution in [0.5, 0.6) is 0 Å². The van der Waals surface area contributed by atoms with Gasteiger partial charge >= 0.3 is 0 Å². The van der Waals surface area contributed by atoms with Crippen LogP contribution in [-0.4, -0.2) is 50.0 Å². The number of aryl methyl sites for hydroxylation is 2. The number of rotatable bonds is 5. The highest BCUT2D eigenvalue weighted by atomic mass is 32.1. The van der Waals surface area contributed by atoms with Gasteiger partial charge in [0.1, 0.15) is 11.2 Å². The summed E-state index contributed by atoms with van der Waals surface area (Å²) in [4.78, 5) is 24.4. The Kier molecular flexibility index (Phi) is 5.53. The molecule has 3 N–H and O–H groups in total. The van der Waals surface area contributed by atoms with E-state index in [1.807, 2.05) is 15.9 Å². The van der Waals surface area contributed by atoms with Crippen LogP contribution < -0.4 is 5.73 Å². The maximum atomic E-state index is 11.3. The lowest BCUT2D eigenvalue weighted by Crippen LogP contribution is -2.39. The van der Waals surface area contributed by atoms with Gasteiger partial charge in [-0.1, -0.05) is 13.8 Å². The Hall–Kier alpha value is -2.71. The number of carbonyl (C=O) groups is 1. The van der Waals surface area contributed by atoms with Crippen LogP contribution in [-0.2, 0) is 4.79 Å². The van der Waals surface area contributed by atoms with Gasteiger partial charge in [-0.3, -0.25) is 9.69 Å². The molecule has 0 spiro atoms. The molecule has 0 radical (unpaired) electrons. The Bertz CT molecular complexity index is 1350. The topological polar surface area (TPSA) is 92.3 Å². The second-order valence-electron chi connectivity index (χ2n) is 9.70. The Balaban J connectivity index is 1.57. The summed E-state index contributed by atoms with van der Waals surface area (Å²) in [7, 11) is 0. The number of carbonyl (C=O) groups excluding carboxylic acids is 1. The van der Waals surface area contributed by atoms with E-state index < -0.39 is 0 Å². The van der Waals surface area contributed by atoms with Crippen molar-refractivity contribution in [3.63, 3.8) is 0 Å². The zero-order valence-corrected chi connectivity index (χ0v) is 20.8. The summed E-state index contributed by atoms with van der Waals surface area (Å²) in [6.45, 7) is 13.4. The third-order valence-corrected chi connectivity index (χ3v) is 8.64. The van der Waals surface area contributed by atoms with Crippen molar-refractivity contribution in [3.05, 3.63) is 39.7 Å². The van der Waals surface area contributed by atoms with Crippen LogP contribution in [0.1, 0.15) is 65.7 Å². The number of thiophene rings is 1. The van der Waals surface area contributed by atoms with E-state index in [1.54, 1.807) is 6.33 Å². The van der Waals surface area contributed by atoms with Crippen LogP contribution in [0.25, 0.3) is 27.1 Å². The first-order valence-electron chi connectivity index (χ1n) is 11.7. The monoisotopic (exact) mass is 464 g/mol. The number of amides is 1. The molecule has 174 valence electrons. The Labute approximate surface area is 198 Å². The molecule has 33 heavy (non-hydrogen) atoms. The third kappa shape index (κ3) is 3.65. The first-order valence-corrected chi connectivity index (χ1v) is 12.5. The SMILES string of the molecule is Cc1c(-c2[nH]c3sc(C4CCN(CC(N)=O)CC4)c(C)c3c2C(C)C)cn2ncnc2c1C. The van der Waals surface area contributed by atoms with Gasteiger partial charge in [0, 0.05) is 22.0 Å². The number of nitrogens with one attached hydrogen (secondary N) is 1. The molecule has 1 aliphatic heterocycles. The normalized spacial score (nSPS) is 15.9. The minimum Gasteiger partial charge on any atom is -0.369 e. The first-order chi connectivity index (χ1) is 15.8. The standard InChI is InChI=1S/C25H32N6OS/c1-13(2)20-21-16(5)23(17-6-8-30(9-7-17)11-19(26)32)33-25(21)29-22(20)18-10-31-24(27-12-28-31)15(4)14(18)3/h10,12-13,17,29H,6-9,11H2,1-5H3,(H2,26,32). The van der Waals surface area contributed by atoms with E-state index in [4.69, 9.17) is 5.73 Å². The highest BCUT2D eigenvalue weighted by Gasteiger charge is 2.28. The third-order valence-electron chi connectivity index (χ3n) is 7.27. The highest BCUT2D eigenvalue weighted by Crippen LogP contribution is 2.46. The number of nitrogens with zero attached hydrogens (tertiary/aromatic N) is 4. The fraction of sp³-hybridized carbons (Fsp3) is 0.480. The van der Waals surface area contributed by atoms with Gasteiger partial charge < -0.3 is 10.7 Å². The average molecular weight is 465 g/mol. The van der Waals surface area contributed by atoms with Crippen molar-refractivity contribution in [2.24, 2.45) is 5.73 Å². The first kappa shape index (κ1) is 22.1. The largest absolute Gasteiger partial charge is 0.369 e. The maximum absolute atomic E-state index is 11.3. The molecule has 1 aliphatic rings. The number of primary amides is 1. The van der Waals surface area contributed by atoms with Crippen molar-refractivity contribution < 1.29 is 4.79 Å². The highest BCUT2D eigenvalue weighted by molar-refractivity contribution is 7.19. The van der Waals surface area contributed by atoms with Gasteiger partial charge in [-0.05, 0) is 80.8 Å². The molecule has 1 fully saturated rings. The summed E-state index contributed by atoms with van der Waals surface area (Å²) in [5.41, 5.74) is 13.9. The van der Waals surface area contributed by atoms with Crippen LogP contribution in [0.15, 0.2) is 12.5 Å². The quantitative estimate of drug-likeness (QED) is 0.450. The molecule has 0 bridgehead atoms. The number of H-pyrrole nitrogens is 1. The molecule has 5 heterocycles. The number of aromatic nitrogens is 4. The predicted octanol–water partition coefficient (Wildman–Crippen LogP) is 4.65. The Morgan fingerprint density at radius 2 is 1.94 bits per heavy atom. The fourth-order valence-corrected chi connectivity index (χ4v) is 6.85. The van der Waals surface area contributed by atoms with Crippen LogP contribution in [0.3, 0.4) is 0 Å². The average Bonchev–Trinajstić information content (AvgIpc) is 3.46. The van der Waals surface area contributed by atoms with Crippen molar-refractivity contribution in [1.82, 2.24) is 24.5 Å². The minimum absolute atomic E-state index is 0.238. The number of aromatic amines is 1. The molecule has 0 aliphatic carbocycles. The lowest BCUT2D eigenvalue weighted by Gasteiger charge is -2.31. The summed E-state index contributed by atoms with van der Waals surface area (Å²) in [6, 6.07) is 0. The van der Waals surface area contributed by atoms with Gasteiger partial charge in [-0.15, -0.1) is 11.3 Å². The summed E-state index contributed by atoms with van der Waals surface area (Å²) in [5.74, 6) is 0.690. The van der Waals surface area contributed by atoms with Crippen LogP contribution >= 0.6 is 11.3 Å². The molecule has 0 aromatic carbocycles. The lowest BCUT2D eigenvalue weighted by atomic mass is 9.90. The molecule has 1 saturated heterocycles. The minimum atomic E-state index is -0.238. The van der Waals surface area contributed by atoms with E-state index in [0.717, 1.165) is 37.1 Å². The van der Waals surface area contributed by atoms with Gasteiger partial charge in [-0.2, -0.15) is 5.10 Å². The maximum Gasteiger partial charge on any atom is 0.231 e. The number of nitrogens with two attached hydrogens (primary N) is 1. The van der Waals surface area contributed by atoms with E-state index >= 15 is 0 Å². The van der Waals surface area contributed by atoms with Crippen LogP contribution in [0, 0.1) is 20.8 Å². The molecule has 4 aromatic rings. The molecular weight excluding hydrogens is 432 g/mol. The molecule has 0 unspecified atom stereocenters. The van der Waals surface area contributed by atoms with E-state index in [0.29, 0.717) is 18.4 Å². The van der Waals surface area contributed by atoms with Crippen molar-refractivity contribution in [2.45, 2.75) is 59.3 Å². The Morgan fingerprint density at radius 3 is 2.61 bits per heavy atom. The zero-order valence-electron chi connectivity index (χ0n) is 20.0. The van der Waals surface area contributed by atoms with Crippen molar-refractivity contribution >= 4 is 33.1 Å². The second kappa shape index (κ2) is 8.25. The van der Waals surface area contributed by atoms with Gasteiger partial charge in [0.2, 0.25) is 5.91 Å². The lowest BCUT2D eigenvalue weighted by molar-refractivity contribution is -0.119. The number of piperidine rings is 1. The molecule has 7 nitrogen and oxygen atoms in total. The molecule has 5 rings (SSSR count). The summed E-state index contributed by atoms with van der Waals surface area (Å²) >= 11 is 1.91. The van der Waals surface area contributed by atoms with Crippen molar-refractivity contribution in [3.8, 4) is 11.3 Å². The fourth-order valence-electron chi connectivity index (χ4n) is 5.46.